The third kappa shape index (κ3) is 3.80. The predicted octanol–water partition coefficient (Wildman–Crippen LogP) is 4.96. The number of halogens is 1. The molecule has 2 aromatic carbocycles. The number of aromatic nitrogens is 2. The van der Waals surface area contributed by atoms with Crippen molar-refractivity contribution in [2.24, 2.45) is 0 Å². The third-order valence-corrected chi connectivity index (χ3v) is 4.84. The van der Waals surface area contributed by atoms with Crippen LogP contribution in [0.1, 0.15) is 17.3 Å². The molecule has 0 aliphatic heterocycles. The number of anilines is 1. The molecule has 4 aromatic rings. The number of rotatable bonds is 5. The Hall–Kier alpha value is -3.93. The Bertz CT molecular complexity index is 1300. The van der Waals surface area contributed by atoms with E-state index in [1.807, 2.05) is 37.3 Å². The predicted molar refractivity (Wildman–Crippen MR) is 117 cm³/mol. The van der Waals surface area contributed by atoms with Gasteiger partial charge in [0.25, 0.3) is 11.5 Å². The first-order valence-electron chi connectivity index (χ1n) is 9.56. The molecule has 2 aromatic heterocycles. The average Bonchev–Trinajstić information content (AvgIpc) is 3.24. The van der Waals surface area contributed by atoms with Gasteiger partial charge in [-0.15, -0.1) is 0 Å². The molecule has 5 nitrogen and oxygen atoms in total. The number of pyridine rings is 1. The number of nitrogens with zero attached hydrogens (tertiary/aromatic N) is 1. The van der Waals surface area contributed by atoms with Gasteiger partial charge in [0.2, 0.25) is 0 Å². The molecule has 1 amide bonds. The lowest BCUT2D eigenvalue weighted by Crippen LogP contribution is -2.19. The van der Waals surface area contributed by atoms with Gasteiger partial charge in [-0.05, 0) is 48.9 Å². The van der Waals surface area contributed by atoms with Gasteiger partial charge in [-0.3, -0.25) is 9.59 Å². The van der Waals surface area contributed by atoms with Crippen molar-refractivity contribution in [2.45, 2.75) is 13.5 Å². The van der Waals surface area contributed by atoms with E-state index in [9.17, 15) is 14.0 Å². The minimum absolute atomic E-state index is 0.157. The molecule has 30 heavy (non-hydrogen) atoms. The summed E-state index contributed by atoms with van der Waals surface area (Å²) in [5.74, 6) is -0.935. The van der Waals surface area contributed by atoms with Gasteiger partial charge >= 0.3 is 0 Å². The van der Waals surface area contributed by atoms with Crippen LogP contribution in [-0.2, 0) is 6.54 Å². The number of hydrogen-bond donors (Lipinski definition) is 2. The summed E-state index contributed by atoms with van der Waals surface area (Å²) in [4.78, 5) is 28.3. The summed E-state index contributed by atoms with van der Waals surface area (Å²) in [5, 5.41) is 3.45. The highest BCUT2D eigenvalue weighted by molar-refractivity contribution is 6.05. The Morgan fingerprint density at radius 2 is 1.97 bits per heavy atom. The highest BCUT2D eigenvalue weighted by atomic mass is 19.1. The molecule has 0 aliphatic rings. The van der Waals surface area contributed by atoms with Gasteiger partial charge in [0.15, 0.2) is 0 Å². The van der Waals surface area contributed by atoms with Crippen LogP contribution in [0.2, 0.25) is 0 Å². The van der Waals surface area contributed by atoms with Gasteiger partial charge in [-0.2, -0.15) is 0 Å². The summed E-state index contributed by atoms with van der Waals surface area (Å²) in [5.41, 5.74) is 2.30. The van der Waals surface area contributed by atoms with Gasteiger partial charge in [-0.1, -0.05) is 30.4 Å². The highest BCUT2D eigenvalue weighted by Gasteiger charge is 2.15. The average molecular weight is 401 g/mol. The van der Waals surface area contributed by atoms with E-state index in [4.69, 9.17) is 0 Å². The van der Waals surface area contributed by atoms with Crippen molar-refractivity contribution < 1.29 is 9.18 Å². The van der Waals surface area contributed by atoms with Crippen LogP contribution >= 0.6 is 0 Å². The van der Waals surface area contributed by atoms with Crippen LogP contribution in [0.25, 0.3) is 22.0 Å². The lowest BCUT2D eigenvalue weighted by atomic mass is 10.0. The molecular formula is C24H20FN3O2. The molecule has 2 N–H and O–H groups in total. The summed E-state index contributed by atoms with van der Waals surface area (Å²) in [6.45, 7) is 2.28. The fraction of sp³-hybridized carbons (Fsp3) is 0.0833. The molecular weight excluding hydrogens is 381 g/mol. The lowest BCUT2D eigenvalue weighted by molar-refractivity contribution is 0.102. The molecule has 2 heterocycles. The highest BCUT2D eigenvalue weighted by Crippen LogP contribution is 2.28. The maximum Gasteiger partial charge on any atom is 0.275 e. The van der Waals surface area contributed by atoms with E-state index < -0.39 is 11.7 Å². The normalized spacial score (nSPS) is 11.3. The topological polar surface area (TPSA) is 66.9 Å². The van der Waals surface area contributed by atoms with Gasteiger partial charge in [0.1, 0.15) is 11.3 Å². The fourth-order valence-corrected chi connectivity index (χ4v) is 3.38. The molecule has 4 rings (SSSR count). The molecule has 0 aliphatic carbocycles. The number of aromatic amines is 1. The molecule has 0 saturated carbocycles. The first-order chi connectivity index (χ1) is 14.6. The zero-order valence-electron chi connectivity index (χ0n) is 16.4. The summed E-state index contributed by atoms with van der Waals surface area (Å²) >= 11 is 0. The van der Waals surface area contributed by atoms with Gasteiger partial charge in [-0.25, -0.2) is 4.39 Å². The van der Waals surface area contributed by atoms with E-state index in [0.717, 1.165) is 0 Å². The van der Waals surface area contributed by atoms with Crippen molar-refractivity contribution in [2.75, 3.05) is 5.32 Å². The lowest BCUT2D eigenvalue weighted by Gasteiger charge is -2.11. The van der Waals surface area contributed by atoms with Crippen LogP contribution < -0.4 is 10.9 Å². The van der Waals surface area contributed by atoms with Crippen molar-refractivity contribution in [1.82, 2.24) is 9.55 Å². The molecule has 150 valence electrons. The molecule has 0 radical (unpaired) electrons. The second-order valence-corrected chi connectivity index (χ2v) is 6.88. The van der Waals surface area contributed by atoms with Crippen molar-refractivity contribution >= 4 is 22.5 Å². The van der Waals surface area contributed by atoms with Crippen LogP contribution in [0.15, 0.2) is 83.9 Å². The maximum atomic E-state index is 14.5. The number of carbonyl (C=O) groups is 1. The Labute approximate surface area is 172 Å². The molecule has 0 fully saturated rings. The molecule has 0 unspecified atom stereocenters. The van der Waals surface area contributed by atoms with E-state index in [0.29, 0.717) is 34.3 Å². The third-order valence-electron chi connectivity index (χ3n) is 4.84. The smallest absolute Gasteiger partial charge is 0.275 e. The van der Waals surface area contributed by atoms with E-state index in [2.05, 4.69) is 10.3 Å². The summed E-state index contributed by atoms with van der Waals surface area (Å²) < 4.78 is 16.0. The second kappa shape index (κ2) is 8.21. The number of hydrogen-bond acceptors (Lipinski definition) is 2. The summed E-state index contributed by atoms with van der Waals surface area (Å²) in [6, 6.07) is 15.0. The van der Waals surface area contributed by atoms with Crippen LogP contribution in [0.4, 0.5) is 10.1 Å². The molecule has 6 heteroatoms. The molecule has 0 saturated heterocycles. The SMILES string of the molecule is CC=CCn1cc(-c2cc(F)cc(C(=O)Nc3ccccc3)c2)c2cc[nH]c2c1=O. The molecule has 0 atom stereocenters. The Kier molecular flexibility index (Phi) is 5.30. The summed E-state index contributed by atoms with van der Waals surface area (Å²) in [6.07, 6.45) is 7.10. The largest absolute Gasteiger partial charge is 0.357 e. The van der Waals surface area contributed by atoms with Crippen LogP contribution in [0.3, 0.4) is 0 Å². The number of carbonyl (C=O) groups excluding carboxylic acids is 1. The standard InChI is InChI=1S/C24H20FN3O2/c1-2-3-11-28-15-21(20-9-10-26-22(20)24(28)30)16-12-17(14-18(25)13-16)23(29)27-19-7-5-4-6-8-19/h2-10,12-15,26H,11H2,1H3,(H,27,29). The number of para-hydroxylation sites is 1. The first-order valence-corrected chi connectivity index (χ1v) is 9.56. The minimum Gasteiger partial charge on any atom is -0.357 e. The number of amides is 1. The fourth-order valence-electron chi connectivity index (χ4n) is 3.38. The number of allylic oxidation sites excluding steroid dienone is 2. The Balaban J connectivity index is 1.80. The molecule has 0 bridgehead atoms. The second-order valence-electron chi connectivity index (χ2n) is 6.88. The molecule has 0 spiro atoms. The minimum atomic E-state index is -0.527. The van der Waals surface area contributed by atoms with Crippen LogP contribution in [-0.4, -0.2) is 15.5 Å². The monoisotopic (exact) mass is 401 g/mol. The van der Waals surface area contributed by atoms with Crippen LogP contribution in [0, 0.1) is 5.82 Å². The zero-order valence-corrected chi connectivity index (χ0v) is 16.4. The van der Waals surface area contributed by atoms with Crippen molar-refractivity contribution in [1.29, 1.82) is 0 Å². The van der Waals surface area contributed by atoms with Crippen LogP contribution in [0.5, 0.6) is 0 Å². The number of nitrogens with one attached hydrogen (secondary N) is 2. The van der Waals surface area contributed by atoms with E-state index in [-0.39, 0.29) is 11.1 Å². The summed E-state index contributed by atoms with van der Waals surface area (Å²) in [7, 11) is 0. The van der Waals surface area contributed by atoms with E-state index in [1.54, 1.807) is 41.2 Å². The number of H-pyrrole nitrogens is 1. The van der Waals surface area contributed by atoms with Crippen molar-refractivity contribution in [3.8, 4) is 11.1 Å². The maximum absolute atomic E-state index is 14.5. The van der Waals surface area contributed by atoms with Gasteiger partial charge in [0.05, 0.1) is 0 Å². The first kappa shape index (κ1) is 19.4. The van der Waals surface area contributed by atoms with Gasteiger partial charge < -0.3 is 14.9 Å². The van der Waals surface area contributed by atoms with E-state index in [1.165, 1.54) is 12.1 Å². The van der Waals surface area contributed by atoms with Gasteiger partial charge in [0, 0.05) is 41.1 Å². The Morgan fingerprint density at radius 3 is 2.73 bits per heavy atom. The quantitative estimate of drug-likeness (QED) is 0.464. The number of benzene rings is 2. The zero-order chi connectivity index (χ0) is 21.1. The Morgan fingerprint density at radius 1 is 1.17 bits per heavy atom. The van der Waals surface area contributed by atoms with E-state index >= 15 is 0 Å². The number of fused-ring (bicyclic) bond motifs is 1. The van der Waals surface area contributed by atoms with Crippen molar-refractivity contribution in [3.05, 3.63) is 101 Å². The van der Waals surface area contributed by atoms with Crippen molar-refractivity contribution in [3.63, 3.8) is 0 Å².